The van der Waals surface area contributed by atoms with Gasteiger partial charge in [0.15, 0.2) is 5.96 Å². The molecule has 0 radical (unpaired) electrons. The fraction of sp³-hybridized carbons (Fsp3) is 0.545. The van der Waals surface area contributed by atoms with Crippen molar-refractivity contribution >= 4 is 41.3 Å². The van der Waals surface area contributed by atoms with Crippen LogP contribution in [0, 0.1) is 0 Å². The summed E-state index contributed by atoms with van der Waals surface area (Å²) in [5.74, 6) is 0.804. The monoisotopic (exact) mass is 369 g/mol. The molecule has 1 aromatic rings. The van der Waals surface area contributed by atoms with Gasteiger partial charge in [0.2, 0.25) is 0 Å². The summed E-state index contributed by atoms with van der Waals surface area (Å²) >= 11 is 1.73. The molecule has 0 saturated heterocycles. The number of nitrogens with one attached hydrogen (secondary N) is 2. The van der Waals surface area contributed by atoms with E-state index in [-0.39, 0.29) is 30.0 Å². The fourth-order valence-corrected chi connectivity index (χ4v) is 1.95. The Labute approximate surface area is 124 Å². The number of methoxy groups -OCH3 is 1. The van der Waals surface area contributed by atoms with Crippen molar-refractivity contribution in [2.45, 2.75) is 19.5 Å². The van der Waals surface area contributed by atoms with Crippen LogP contribution in [0.3, 0.4) is 0 Å². The molecule has 0 aliphatic heterocycles. The van der Waals surface area contributed by atoms with Crippen LogP contribution >= 0.6 is 35.3 Å². The molecule has 0 bridgehead atoms. The van der Waals surface area contributed by atoms with Crippen LogP contribution in [0.15, 0.2) is 22.5 Å². The Morgan fingerprint density at radius 1 is 1.59 bits per heavy atom. The van der Waals surface area contributed by atoms with Crippen molar-refractivity contribution < 1.29 is 4.74 Å². The van der Waals surface area contributed by atoms with Gasteiger partial charge >= 0.3 is 0 Å². The van der Waals surface area contributed by atoms with Crippen LogP contribution in [0.1, 0.15) is 11.8 Å². The Kier molecular flexibility index (Phi) is 9.47. The standard InChI is InChI=1S/C11H19N3OS.HI/c1-9(8-15-3)14-11(12-2)13-7-10-5-4-6-16-10;/h4-6,9H,7-8H2,1-3H3,(H2,12,13,14);1H. The molecule has 0 aromatic carbocycles. The minimum absolute atomic E-state index is 0. The maximum atomic E-state index is 5.06. The lowest BCUT2D eigenvalue weighted by Crippen LogP contribution is -2.43. The van der Waals surface area contributed by atoms with Gasteiger partial charge in [-0.2, -0.15) is 0 Å². The van der Waals surface area contributed by atoms with E-state index in [1.54, 1.807) is 25.5 Å². The quantitative estimate of drug-likeness (QED) is 0.475. The Balaban J connectivity index is 0.00000256. The van der Waals surface area contributed by atoms with E-state index in [0.29, 0.717) is 6.61 Å². The SMILES string of the molecule is CN=C(NCc1cccs1)NC(C)COC.I. The average Bonchev–Trinajstić information content (AvgIpc) is 2.77. The third-order valence-electron chi connectivity index (χ3n) is 2.03. The van der Waals surface area contributed by atoms with E-state index in [1.807, 2.05) is 6.07 Å². The van der Waals surface area contributed by atoms with Gasteiger partial charge in [0, 0.05) is 25.1 Å². The van der Waals surface area contributed by atoms with E-state index in [0.717, 1.165) is 12.5 Å². The molecule has 0 amide bonds. The van der Waals surface area contributed by atoms with Crippen LogP contribution in [0.2, 0.25) is 0 Å². The first kappa shape index (κ1) is 16.7. The molecule has 0 aliphatic rings. The molecule has 6 heteroatoms. The topological polar surface area (TPSA) is 45.7 Å². The number of hydrogen-bond donors (Lipinski definition) is 2. The highest BCUT2D eigenvalue weighted by atomic mass is 127. The van der Waals surface area contributed by atoms with Gasteiger partial charge in [-0.05, 0) is 18.4 Å². The van der Waals surface area contributed by atoms with Crippen molar-refractivity contribution in [3.63, 3.8) is 0 Å². The summed E-state index contributed by atoms with van der Waals surface area (Å²) in [7, 11) is 3.46. The summed E-state index contributed by atoms with van der Waals surface area (Å²) < 4.78 is 5.06. The molecule has 0 fully saturated rings. The van der Waals surface area contributed by atoms with Crippen molar-refractivity contribution in [2.75, 3.05) is 20.8 Å². The van der Waals surface area contributed by atoms with Crippen LogP contribution in [-0.2, 0) is 11.3 Å². The van der Waals surface area contributed by atoms with Crippen LogP contribution in [0.4, 0.5) is 0 Å². The van der Waals surface area contributed by atoms with Gasteiger partial charge in [-0.1, -0.05) is 6.07 Å². The molecular formula is C11H20IN3OS. The molecule has 1 heterocycles. The first-order valence-corrected chi connectivity index (χ1v) is 6.12. The predicted molar refractivity (Wildman–Crippen MR) is 84.4 cm³/mol. The second-order valence-corrected chi connectivity index (χ2v) is 4.54. The van der Waals surface area contributed by atoms with E-state index in [2.05, 4.69) is 34.0 Å². The number of halogens is 1. The molecule has 0 spiro atoms. The molecule has 1 aromatic heterocycles. The number of aliphatic imine (C=N–C) groups is 1. The minimum Gasteiger partial charge on any atom is -0.383 e. The molecule has 4 nitrogen and oxygen atoms in total. The molecule has 17 heavy (non-hydrogen) atoms. The van der Waals surface area contributed by atoms with Gasteiger partial charge in [0.1, 0.15) is 0 Å². The van der Waals surface area contributed by atoms with Crippen molar-refractivity contribution in [3.05, 3.63) is 22.4 Å². The van der Waals surface area contributed by atoms with Gasteiger partial charge in [0.05, 0.1) is 13.2 Å². The molecule has 1 atom stereocenters. The number of rotatable bonds is 5. The van der Waals surface area contributed by atoms with Gasteiger partial charge in [0.25, 0.3) is 0 Å². The number of guanidine groups is 1. The highest BCUT2D eigenvalue weighted by molar-refractivity contribution is 14.0. The molecule has 1 unspecified atom stereocenters. The molecule has 0 saturated carbocycles. The lowest BCUT2D eigenvalue weighted by atomic mass is 10.4. The van der Waals surface area contributed by atoms with E-state index in [9.17, 15) is 0 Å². The molecule has 98 valence electrons. The molecule has 0 aliphatic carbocycles. The van der Waals surface area contributed by atoms with Gasteiger partial charge < -0.3 is 15.4 Å². The molecule has 2 N–H and O–H groups in total. The lowest BCUT2D eigenvalue weighted by Gasteiger charge is -2.16. The summed E-state index contributed by atoms with van der Waals surface area (Å²) in [6.45, 7) is 3.53. The number of hydrogen-bond acceptors (Lipinski definition) is 3. The zero-order valence-electron chi connectivity index (χ0n) is 10.4. The summed E-state index contributed by atoms with van der Waals surface area (Å²) in [6.07, 6.45) is 0. The van der Waals surface area contributed by atoms with E-state index in [1.165, 1.54) is 4.88 Å². The van der Waals surface area contributed by atoms with Gasteiger partial charge in [-0.3, -0.25) is 4.99 Å². The summed E-state index contributed by atoms with van der Waals surface area (Å²) in [5.41, 5.74) is 0. The Morgan fingerprint density at radius 2 is 2.35 bits per heavy atom. The highest BCUT2D eigenvalue weighted by Crippen LogP contribution is 2.07. The number of nitrogens with zero attached hydrogens (tertiary/aromatic N) is 1. The first-order valence-electron chi connectivity index (χ1n) is 5.24. The normalized spacial score (nSPS) is 12.8. The maximum Gasteiger partial charge on any atom is 0.191 e. The second-order valence-electron chi connectivity index (χ2n) is 3.51. The number of thiophene rings is 1. The summed E-state index contributed by atoms with van der Waals surface area (Å²) in [4.78, 5) is 5.45. The van der Waals surface area contributed by atoms with Crippen LogP contribution in [0.25, 0.3) is 0 Å². The molecular weight excluding hydrogens is 349 g/mol. The number of ether oxygens (including phenoxy) is 1. The minimum atomic E-state index is 0. The van der Waals surface area contributed by atoms with Crippen molar-refractivity contribution in [2.24, 2.45) is 4.99 Å². The zero-order chi connectivity index (χ0) is 11.8. The predicted octanol–water partition coefficient (Wildman–Crippen LogP) is 2.07. The van der Waals surface area contributed by atoms with Crippen molar-refractivity contribution in [1.29, 1.82) is 0 Å². The summed E-state index contributed by atoms with van der Waals surface area (Å²) in [5, 5.41) is 8.57. The van der Waals surface area contributed by atoms with Gasteiger partial charge in [-0.15, -0.1) is 35.3 Å². The second kappa shape index (κ2) is 9.67. The largest absolute Gasteiger partial charge is 0.383 e. The van der Waals surface area contributed by atoms with Gasteiger partial charge in [-0.25, -0.2) is 0 Å². The fourth-order valence-electron chi connectivity index (χ4n) is 1.30. The van der Waals surface area contributed by atoms with Crippen LogP contribution in [-0.4, -0.2) is 32.8 Å². The third kappa shape index (κ3) is 6.85. The van der Waals surface area contributed by atoms with Crippen molar-refractivity contribution in [3.8, 4) is 0 Å². The Bertz CT molecular complexity index is 317. The highest BCUT2D eigenvalue weighted by Gasteiger charge is 2.04. The van der Waals surface area contributed by atoms with E-state index in [4.69, 9.17) is 4.74 Å². The summed E-state index contributed by atoms with van der Waals surface area (Å²) in [6, 6.07) is 4.40. The average molecular weight is 369 g/mol. The van der Waals surface area contributed by atoms with E-state index < -0.39 is 0 Å². The Morgan fingerprint density at radius 3 is 2.88 bits per heavy atom. The van der Waals surface area contributed by atoms with E-state index >= 15 is 0 Å². The first-order chi connectivity index (χ1) is 7.76. The zero-order valence-corrected chi connectivity index (χ0v) is 13.5. The van der Waals surface area contributed by atoms with Crippen LogP contribution in [0.5, 0.6) is 0 Å². The smallest absolute Gasteiger partial charge is 0.191 e. The van der Waals surface area contributed by atoms with Crippen LogP contribution < -0.4 is 10.6 Å². The third-order valence-corrected chi connectivity index (χ3v) is 2.91. The van der Waals surface area contributed by atoms with Crippen molar-refractivity contribution in [1.82, 2.24) is 10.6 Å². The lowest BCUT2D eigenvalue weighted by molar-refractivity contribution is 0.179. The molecule has 1 rings (SSSR count). The Hall–Kier alpha value is -0.340. The maximum absolute atomic E-state index is 5.06.